The summed E-state index contributed by atoms with van der Waals surface area (Å²) < 4.78 is 0. The van der Waals surface area contributed by atoms with Crippen molar-refractivity contribution >= 4 is 22.8 Å². The summed E-state index contributed by atoms with van der Waals surface area (Å²) in [6, 6.07) is 4.03. The first kappa shape index (κ1) is 13.3. The second-order valence-electron chi connectivity index (χ2n) is 4.59. The summed E-state index contributed by atoms with van der Waals surface area (Å²) in [7, 11) is 0. The van der Waals surface area contributed by atoms with Gasteiger partial charge in [-0.3, -0.25) is 10.1 Å². The van der Waals surface area contributed by atoms with Crippen molar-refractivity contribution in [3.63, 3.8) is 0 Å². The molecule has 7 heteroatoms. The average Bonchev–Trinajstić information content (AvgIpc) is 2.97. The number of aromatic nitrogens is 5. The van der Waals surface area contributed by atoms with E-state index in [1.807, 2.05) is 19.1 Å². The van der Waals surface area contributed by atoms with E-state index in [1.165, 1.54) is 5.56 Å². The highest BCUT2D eigenvalue weighted by molar-refractivity contribution is 5.86. The molecule has 0 atom stereocenters. The monoisotopic (exact) mass is 283 g/mol. The van der Waals surface area contributed by atoms with Crippen LogP contribution in [0.1, 0.15) is 12.5 Å². The quantitative estimate of drug-likeness (QED) is 0.639. The Labute approximate surface area is 122 Å². The van der Waals surface area contributed by atoms with E-state index >= 15 is 0 Å². The summed E-state index contributed by atoms with van der Waals surface area (Å²) in [4.78, 5) is 12.9. The predicted octanol–water partition coefficient (Wildman–Crippen LogP) is 1.83. The predicted molar refractivity (Wildman–Crippen MR) is 82.3 cm³/mol. The fraction of sp³-hybridized carbons (Fsp3) is 0.286. The molecule has 7 nitrogen and oxygen atoms in total. The molecule has 0 fully saturated rings. The van der Waals surface area contributed by atoms with Gasteiger partial charge in [-0.15, -0.1) is 0 Å². The number of H-pyrrole nitrogens is 1. The van der Waals surface area contributed by atoms with Gasteiger partial charge in [0.1, 0.15) is 5.82 Å². The van der Waals surface area contributed by atoms with E-state index in [4.69, 9.17) is 0 Å². The molecule has 3 aromatic heterocycles. The minimum Gasteiger partial charge on any atom is -0.369 e. The number of nitrogens with one attached hydrogen (secondary N) is 3. The Morgan fingerprint density at radius 2 is 2.00 bits per heavy atom. The van der Waals surface area contributed by atoms with Crippen molar-refractivity contribution in [2.45, 2.75) is 13.3 Å². The Hall–Kier alpha value is -2.70. The molecule has 0 saturated heterocycles. The molecule has 3 aromatic rings. The SMILES string of the molecule is CCNc1nc(NCCc2ccncc2)c2cn[nH]c2n1. The van der Waals surface area contributed by atoms with Crippen LogP contribution in [0.15, 0.2) is 30.7 Å². The molecule has 0 amide bonds. The molecule has 0 radical (unpaired) electrons. The van der Waals surface area contributed by atoms with Crippen molar-refractivity contribution in [2.75, 3.05) is 23.7 Å². The number of hydrogen-bond acceptors (Lipinski definition) is 6. The maximum absolute atomic E-state index is 4.49. The van der Waals surface area contributed by atoms with Crippen molar-refractivity contribution in [1.82, 2.24) is 25.1 Å². The molecule has 21 heavy (non-hydrogen) atoms. The summed E-state index contributed by atoms with van der Waals surface area (Å²) in [6.07, 6.45) is 6.25. The van der Waals surface area contributed by atoms with Crippen LogP contribution in [0, 0.1) is 0 Å². The molecule has 0 bridgehead atoms. The summed E-state index contributed by atoms with van der Waals surface area (Å²) in [5, 5.41) is 14.3. The Kier molecular flexibility index (Phi) is 3.90. The molecule has 0 aromatic carbocycles. The van der Waals surface area contributed by atoms with Crippen LogP contribution >= 0.6 is 0 Å². The van der Waals surface area contributed by atoms with Gasteiger partial charge in [-0.05, 0) is 31.0 Å². The largest absolute Gasteiger partial charge is 0.369 e. The molecule has 0 aliphatic carbocycles. The maximum atomic E-state index is 4.49. The first-order valence-corrected chi connectivity index (χ1v) is 6.94. The van der Waals surface area contributed by atoms with Crippen LogP contribution in [0.5, 0.6) is 0 Å². The van der Waals surface area contributed by atoms with Gasteiger partial charge in [0.2, 0.25) is 5.95 Å². The average molecular weight is 283 g/mol. The van der Waals surface area contributed by atoms with E-state index in [0.29, 0.717) is 5.95 Å². The molecular formula is C14H17N7. The van der Waals surface area contributed by atoms with E-state index in [0.717, 1.165) is 36.4 Å². The van der Waals surface area contributed by atoms with Gasteiger partial charge in [0.15, 0.2) is 5.65 Å². The second-order valence-corrected chi connectivity index (χ2v) is 4.59. The van der Waals surface area contributed by atoms with E-state index < -0.39 is 0 Å². The van der Waals surface area contributed by atoms with Gasteiger partial charge < -0.3 is 10.6 Å². The molecule has 0 aliphatic heterocycles. The van der Waals surface area contributed by atoms with Gasteiger partial charge in [0.25, 0.3) is 0 Å². The van der Waals surface area contributed by atoms with Crippen LogP contribution in [0.2, 0.25) is 0 Å². The zero-order valence-electron chi connectivity index (χ0n) is 11.8. The zero-order valence-corrected chi connectivity index (χ0v) is 11.8. The van der Waals surface area contributed by atoms with Crippen LogP contribution in [0.3, 0.4) is 0 Å². The normalized spacial score (nSPS) is 10.7. The smallest absolute Gasteiger partial charge is 0.226 e. The zero-order chi connectivity index (χ0) is 14.5. The molecule has 0 saturated carbocycles. The minimum absolute atomic E-state index is 0.598. The van der Waals surface area contributed by atoms with Gasteiger partial charge in [0.05, 0.1) is 11.6 Å². The maximum Gasteiger partial charge on any atom is 0.226 e. The van der Waals surface area contributed by atoms with Crippen molar-refractivity contribution in [1.29, 1.82) is 0 Å². The molecule has 0 unspecified atom stereocenters. The molecule has 3 rings (SSSR count). The minimum atomic E-state index is 0.598. The van der Waals surface area contributed by atoms with Gasteiger partial charge in [0, 0.05) is 25.5 Å². The second kappa shape index (κ2) is 6.17. The highest BCUT2D eigenvalue weighted by Crippen LogP contribution is 2.19. The number of fused-ring (bicyclic) bond motifs is 1. The van der Waals surface area contributed by atoms with Gasteiger partial charge >= 0.3 is 0 Å². The Balaban J connectivity index is 1.74. The highest BCUT2D eigenvalue weighted by Gasteiger charge is 2.08. The lowest BCUT2D eigenvalue weighted by Crippen LogP contribution is -2.09. The van der Waals surface area contributed by atoms with Gasteiger partial charge in [-0.25, -0.2) is 0 Å². The third-order valence-electron chi connectivity index (χ3n) is 3.10. The van der Waals surface area contributed by atoms with Crippen molar-refractivity contribution < 1.29 is 0 Å². The fourth-order valence-electron chi connectivity index (χ4n) is 2.08. The van der Waals surface area contributed by atoms with Crippen LogP contribution in [0.4, 0.5) is 11.8 Å². The standard InChI is InChI=1S/C14H17N7/c1-2-16-14-19-12(11-9-18-21-13(11)20-14)17-8-5-10-3-6-15-7-4-10/h3-4,6-7,9H,2,5,8H2,1H3,(H3,16,17,18,19,20,21). The lowest BCUT2D eigenvalue weighted by molar-refractivity contribution is 0.996. The number of anilines is 2. The van der Waals surface area contributed by atoms with Crippen LogP contribution < -0.4 is 10.6 Å². The van der Waals surface area contributed by atoms with Crippen LogP contribution in [-0.4, -0.2) is 38.2 Å². The first-order chi connectivity index (χ1) is 10.4. The number of hydrogen-bond donors (Lipinski definition) is 3. The third kappa shape index (κ3) is 3.07. The molecular weight excluding hydrogens is 266 g/mol. The Morgan fingerprint density at radius 3 is 2.81 bits per heavy atom. The summed E-state index contributed by atoms with van der Waals surface area (Å²) in [5.41, 5.74) is 1.97. The van der Waals surface area contributed by atoms with E-state index in [2.05, 4.69) is 35.8 Å². The van der Waals surface area contributed by atoms with Crippen molar-refractivity contribution in [3.05, 3.63) is 36.3 Å². The summed E-state index contributed by atoms with van der Waals surface area (Å²) in [5.74, 6) is 1.39. The van der Waals surface area contributed by atoms with E-state index in [9.17, 15) is 0 Å². The van der Waals surface area contributed by atoms with E-state index in [1.54, 1.807) is 18.6 Å². The number of rotatable bonds is 6. The topological polar surface area (TPSA) is 91.4 Å². The highest BCUT2D eigenvalue weighted by atomic mass is 15.2. The molecule has 3 N–H and O–H groups in total. The van der Waals surface area contributed by atoms with Gasteiger partial charge in [-0.2, -0.15) is 15.1 Å². The Bertz CT molecular complexity index is 708. The third-order valence-corrected chi connectivity index (χ3v) is 3.10. The van der Waals surface area contributed by atoms with Crippen molar-refractivity contribution in [3.8, 4) is 0 Å². The van der Waals surface area contributed by atoms with Crippen LogP contribution in [0.25, 0.3) is 11.0 Å². The number of pyridine rings is 1. The molecule has 0 spiro atoms. The molecule has 0 aliphatic rings. The molecule has 108 valence electrons. The summed E-state index contributed by atoms with van der Waals surface area (Å²) in [6.45, 7) is 3.57. The lowest BCUT2D eigenvalue weighted by Gasteiger charge is -2.09. The number of aromatic amines is 1. The van der Waals surface area contributed by atoms with Gasteiger partial charge in [-0.1, -0.05) is 0 Å². The Morgan fingerprint density at radius 1 is 1.14 bits per heavy atom. The van der Waals surface area contributed by atoms with E-state index in [-0.39, 0.29) is 0 Å². The number of nitrogens with zero attached hydrogens (tertiary/aromatic N) is 4. The van der Waals surface area contributed by atoms with Crippen molar-refractivity contribution in [2.24, 2.45) is 0 Å². The first-order valence-electron chi connectivity index (χ1n) is 6.94. The van der Waals surface area contributed by atoms with Crippen LogP contribution in [-0.2, 0) is 6.42 Å². The summed E-state index contributed by atoms with van der Waals surface area (Å²) >= 11 is 0. The lowest BCUT2D eigenvalue weighted by atomic mass is 10.2. The molecule has 3 heterocycles. The fourth-order valence-corrected chi connectivity index (χ4v) is 2.08.